The monoisotopic (exact) mass is 166 g/mol. The summed E-state index contributed by atoms with van der Waals surface area (Å²) in [5, 5.41) is 0. The topological polar surface area (TPSA) is 44.2 Å². The van der Waals surface area contributed by atoms with Crippen molar-refractivity contribution in [2.45, 2.75) is 13.0 Å². The number of hydrogen-bond donors (Lipinski definition) is 0. The fraction of sp³-hybridized carbons (Fsp3) is 0.500. The van der Waals surface area contributed by atoms with E-state index < -0.39 is 0 Å². The third kappa shape index (κ3) is 1.53. The minimum Gasteiger partial charge on any atom is -0.468 e. The molecule has 0 N–H and O–H groups in total. The molecule has 0 unspecified atom stereocenters. The first-order valence-electron chi connectivity index (χ1n) is 3.87. The van der Waals surface area contributed by atoms with E-state index in [0.29, 0.717) is 19.1 Å². The maximum atomic E-state index is 5.43. The Balaban J connectivity index is 2.02. The highest BCUT2D eigenvalue weighted by Gasteiger charge is 2.20. The molecule has 0 aromatic carbocycles. The molecule has 4 heteroatoms. The van der Waals surface area contributed by atoms with Gasteiger partial charge in [-0.15, -0.1) is 0 Å². The van der Waals surface area contributed by atoms with Gasteiger partial charge in [0.15, 0.2) is 0 Å². The predicted octanol–water partition coefficient (Wildman–Crippen LogP) is 0.563. The molecule has 0 bridgehead atoms. The molecule has 2 heterocycles. The van der Waals surface area contributed by atoms with Crippen LogP contribution in [0.1, 0.15) is 5.69 Å². The summed E-state index contributed by atoms with van der Waals surface area (Å²) in [4.78, 5) is 8.12. The average Bonchev–Trinajstić information content (AvgIpc) is 1.97. The third-order valence-electron chi connectivity index (χ3n) is 1.63. The molecule has 12 heavy (non-hydrogen) atoms. The highest BCUT2D eigenvalue weighted by atomic mass is 16.6. The quantitative estimate of drug-likeness (QED) is 0.644. The molecular weight excluding hydrogens is 156 g/mol. The van der Waals surface area contributed by atoms with Gasteiger partial charge in [-0.3, -0.25) is 4.98 Å². The molecule has 1 aromatic rings. The van der Waals surface area contributed by atoms with E-state index in [0.717, 1.165) is 5.69 Å². The van der Waals surface area contributed by atoms with Gasteiger partial charge >= 0.3 is 0 Å². The number of ether oxygens (including phenoxy) is 2. The molecule has 0 radical (unpaired) electrons. The van der Waals surface area contributed by atoms with E-state index in [9.17, 15) is 0 Å². The van der Waals surface area contributed by atoms with Gasteiger partial charge in [-0.05, 0) is 6.92 Å². The second kappa shape index (κ2) is 3.06. The van der Waals surface area contributed by atoms with Crippen molar-refractivity contribution in [2.75, 3.05) is 13.2 Å². The fourth-order valence-electron chi connectivity index (χ4n) is 0.950. The van der Waals surface area contributed by atoms with Crippen LogP contribution in [0.3, 0.4) is 0 Å². The number of hydrogen-bond acceptors (Lipinski definition) is 4. The first-order valence-corrected chi connectivity index (χ1v) is 3.87. The van der Waals surface area contributed by atoms with Crippen LogP contribution in [0.25, 0.3) is 0 Å². The Hall–Kier alpha value is -1.16. The zero-order valence-electron chi connectivity index (χ0n) is 6.86. The molecule has 1 aliphatic rings. The van der Waals surface area contributed by atoms with Crippen molar-refractivity contribution in [3.63, 3.8) is 0 Å². The zero-order valence-corrected chi connectivity index (χ0v) is 6.86. The Morgan fingerprint density at radius 2 is 2.33 bits per heavy atom. The van der Waals surface area contributed by atoms with Crippen LogP contribution in [0.15, 0.2) is 12.4 Å². The minimum absolute atomic E-state index is 0.168. The van der Waals surface area contributed by atoms with Crippen LogP contribution >= 0.6 is 0 Å². The average molecular weight is 166 g/mol. The standard InChI is InChI=1S/C8H10N2O2/c1-6-2-9-3-8(10-6)12-7-4-11-5-7/h2-3,7H,4-5H2,1H3. The number of rotatable bonds is 2. The fourth-order valence-corrected chi connectivity index (χ4v) is 0.950. The Morgan fingerprint density at radius 3 is 2.92 bits per heavy atom. The van der Waals surface area contributed by atoms with Crippen molar-refractivity contribution in [1.82, 2.24) is 9.97 Å². The highest BCUT2D eigenvalue weighted by Crippen LogP contribution is 2.11. The summed E-state index contributed by atoms with van der Waals surface area (Å²) in [5.74, 6) is 0.586. The van der Waals surface area contributed by atoms with Crippen molar-refractivity contribution in [3.05, 3.63) is 18.1 Å². The lowest BCUT2D eigenvalue weighted by Gasteiger charge is -2.25. The molecule has 0 atom stereocenters. The van der Waals surface area contributed by atoms with Crippen LogP contribution in [-0.2, 0) is 4.74 Å². The summed E-state index contributed by atoms with van der Waals surface area (Å²) in [6, 6.07) is 0. The molecule has 0 aliphatic carbocycles. The summed E-state index contributed by atoms with van der Waals surface area (Å²) in [7, 11) is 0. The Bertz CT molecular complexity index is 274. The first kappa shape index (κ1) is 7.49. The Labute approximate surface area is 70.6 Å². The van der Waals surface area contributed by atoms with Crippen LogP contribution in [-0.4, -0.2) is 29.3 Å². The van der Waals surface area contributed by atoms with Gasteiger partial charge in [0.2, 0.25) is 5.88 Å². The van der Waals surface area contributed by atoms with Gasteiger partial charge in [-0.2, -0.15) is 0 Å². The van der Waals surface area contributed by atoms with Gasteiger partial charge in [0.25, 0.3) is 0 Å². The number of nitrogens with zero attached hydrogens (tertiary/aromatic N) is 2. The van der Waals surface area contributed by atoms with Gasteiger partial charge in [-0.25, -0.2) is 4.98 Å². The molecule has 2 rings (SSSR count). The zero-order chi connectivity index (χ0) is 8.39. The summed E-state index contributed by atoms with van der Waals surface area (Å²) >= 11 is 0. The SMILES string of the molecule is Cc1cncc(OC2COC2)n1. The van der Waals surface area contributed by atoms with Crippen molar-refractivity contribution < 1.29 is 9.47 Å². The van der Waals surface area contributed by atoms with Crippen LogP contribution in [0.5, 0.6) is 5.88 Å². The molecule has 1 aromatic heterocycles. The summed E-state index contributed by atoms with van der Waals surface area (Å²) in [5.41, 5.74) is 0.868. The van der Waals surface area contributed by atoms with Crippen LogP contribution in [0.2, 0.25) is 0 Å². The molecule has 1 saturated heterocycles. The Kier molecular flexibility index (Phi) is 1.91. The molecule has 4 nitrogen and oxygen atoms in total. The van der Waals surface area contributed by atoms with Crippen molar-refractivity contribution in [2.24, 2.45) is 0 Å². The smallest absolute Gasteiger partial charge is 0.232 e. The molecule has 0 saturated carbocycles. The van der Waals surface area contributed by atoms with E-state index >= 15 is 0 Å². The van der Waals surface area contributed by atoms with Gasteiger partial charge in [0.1, 0.15) is 6.10 Å². The van der Waals surface area contributed by atoms with Crippen LogP contribution in [0.4, 0.5) is 0 Å². The molecule has 0 amide bonds. The first-order chi connectivity index (χ1) is 5.84. The van der Waals surface area contributed by atoms with E-state index in [-0.39, 0.29) is 6.10 Å². The highest BCUT2D eigenvalue weighted by molar-refractivity contribution is 5.07. The van der Waals surface area contributed by atoms with Gasteiger partial charge < -0.3 is 9.47 Å². The normalized spacial score (nSPS) is 17.1. The van der Waals surface area contributed by atoms with E-state index in [1.54, 1.807) is 12.4 Å². The van der Waals surface area contributed by atoms with Gasteiger partial charge in [0.05, 0.1) is 25.1 Å². The van der Waals surface area contributed by atoms with E-state index in [2.05, 4.69) is 9.97 Å². The maximum absolute atomic E-state index is 5.43. The summed E-state index contributed by atoms with van der Waals surface area (Å²) in [6.07, 6.45) is 3.48. The van der Waals surface area contributed by atoms with Crippen molar-refractivity contribution in [1.29, 1.82) is 0 Å². The third-order valence-corrected chi connectivity index (χ3v) is 1.63. The van der Waals surface area contributed by atoms with Crippen LogP contribution in [0, 0.1) is 6.92 Å². The largest absolute Gasteiger partial charge is 0.468 e. The molecule has 0 spiro atoms. The lowest BCUT2D eigenvalue weighted by Crippen LogP contribution is -2.38. The lowest BCUT2D eigenvalue weighted by molar-refractivity contribution is -0.0815. The van der Waals surface area contributed by atoms with E-state index in [1.165, 1.54) is 0 Å². The number of aryl methyl sites for hydroxylation is 1. The predicted molar refractivity (Wildman–Crippen MR) is 42.0 cm³/mol. The van der Waals surface area contributed by atoms with Gasteiger partial charge in [-0.1, -0.05) is 0 Å². The van der Waals surface area contributed by atoms with E-state index in [1.807, 2.05) is 6.92 Å². The molecule has 1 aliphatic heterocycles. The Morgan fingerprint density at radius 1 is 1.50 bits per heavy atom. The molecule has 1 fully saturated rings. The van der Waals surface area contributed by atoms with Gasteiger partial charge in [0, 0.05) is 6.20 Å². The minimum atomic E-state index is 0.168. The summed E-state index contributed by atoms with van der Waals surface area (Å²) in [6.45, 7) is 3.21. The maximum Gasteiger partial charge on any atom is 0.232 e. The number of aromatic nitrogens is 2. The summed E-state index contributed by atoms with van der Waals surface area (Å²) < 4.78 is 10.4. The van der Waals surface area contributed by atoms with Crippen molar-refractivity contribution in [3.8, 4) is 5.88 Å². The van der Waals surface area contributed by atoms with Crippen molar-refractivity contribution >= 4 is 0 Å². The van der Waals surface area contributed by atoms with E-state index in [4.69, 9.17) is 9.47 Å². The van der Waals surface area contributed by atoms with Crippen LogP contribution < -0.4 is 4.74 Å². The molecular formula is C8H10N2O2. The molecule has 64 valence electrons. The lowest BCUT2D eigenvalue weighted by atomic mass is 10.3. The second-order valence-electron chi connectivity index (χ2n) is 2.78. The second-order valence-corrected chi connectivity index (χ2v) is 2.78.